The van der Waals surface area contributed by atoms with E-state index in [0.29, 0.717) is 51.4 Å². The molecule has 0 aromatic rings. The molecule has 3 N–H and O–H groups in total. The molecule has 3 unspecified atom stereocenters. The van der Waals surface area contributed by atoms with Gasteiger partial charge in [0.1, 0.15) is 19.4 Å². The smallest absolute Gasteiger partial charge is 0.391 e. The van der Waals surface area contributed by atoms with Gasteiger partial charge in [0.15, 0.2) is 0 Å². The van der Waals surface area contributed by atoms with Crippen molar-refractivity contribution < 1.29 is 46.5 Å². The first-order chi connectivity index (χ1) is 17.9. The van der Waals surface area contributed by atoms with Crippen LogP contribution in [0, 0.1) is 0 Å². The van der Waals surface area contributed by atoms with Crippen LogP contribution in [0.1, 0.15) is 77.0 Å². The molecule has 8 nitrogen and oxygen atoms in total. The first kappa shape index (κ1) is 29.8. The number of carbonyl (C=O) groups excluding carboxylic acids is 2. The van der Waals surface area contributed by atoms with Gasteiger partial charge in [0, 0.05) is 12.0 Å². The first-order valence-electron chi connectivity index (χ1n) is 13.4. The second-order valence-electron chi connectivity index (χ2n) is 11.3. The number of ether oxygens (including phenoxy) is 3. The van der Waals surface area contributed by atoms with E-state index in [4.69, 9.17) is 21.1 Å². The van der Waals surface area contributed by atoms with Gasteiger partial charge < -0.3 is 25.2 Å². The standard InChI is InChI=1S/C25H37ClF4N2O6/c26-18-6-5-17(11-19(18)27)37-13-21(34)31-23-7-9-24(10-8-23,20(33)12-23)32-22(35)14-36-15-1-3-16(4-2-15)38-25(28,29)30/h15-20,33H,1-14H2,(H,31,34)(H,32,35)/t15?,16?,17?,18?,19?,20-,23?,24?/m0/s1. The van der Waals surface area contributed by atoms with Crippen molar-refractivity contribution in [1.82, 2.24) is 10.6 Å². The van der Waals surface area contributed by atoms with E-state index in [-0.39, 0.29) is 62.9 Å². The highest BCUT2D eigenvalue weighted by Crippen LogP contribution is 2.47. The van der Waals surface area contributed by atoms with Gasteiger partial charge in [-0.15, -0.1) is 24.8 Å². The molecule has 4 atom stereocenters. The minimum absolute atomic E-state index is 0.172. The van der Waals surface area contributed by atoms with Gasteiger partial charge in [0.2, 0.25) is 11.8 Å². The summed E-state index contributed by atoms with van der Waals surface area (Å²) in [5.74, 6) is -0.704. The molecule has 0 radical (unpaired) electrons. The van der Waals surface area contributed by atoms with Crippen LogP contribution in [0.5, 0.6) is 0 Å². The summed E-state index contributed by atoms with van der Waals surface area (Å²) < 4.78 is 66.2. The molecule has 0 aromatic heterocycles. The molecule has 38 heavy (non-hydrogen) atoms. The molecule has 0 saturated heterocycles. The summed E-state index contributed by atoms with van der Waals surface area (Å²) in [6.07, 6.45) is -3.41. The van der Waals surface area contributed by atoms with Gasteiger partial charge in [-0.3, -0.25) is 14.3 Å². The maximum Gasteiger partial charge on any atom is 0.522 e. The number of aliphatic hydroxyl groups excluding tert-OH is 1. The topological polar surface area (TPSA) is 106 Å². The predicted octanol–water partition coefficient (Wildman–Crippen LogP) is 3.41. The fraction of sp³-hybridized carbons (Fsp3) is 0.920. The van der Waals surface area contributed by atoms with Crippen LogP contribution >= 0.6 is 11.6 Å². The largest absolute Gasteiger partial charge is 0.522 e. The van der Waals surface area contributed by atoms with Gasteiger partial charge in [0.25, 0.3) is 0 Å². The Morgan fingerprint density at radius 3 is 2.00 bits per heavy atom. The molecule has 5 aliphatic carbocycles. The van der Waals surface area contributed by atoms with Crippen LogP contribution in [-0.4, -0.2) is 83.5 Å². The van der Waals surface area contributed by atoms with E-state index < -0.39 is 41.2 Å². The van der Waals surface area contributed by atoms with Gasteiger partial charge >= 0.3 is 6.36 Å². The monoisotopic (exact) mass is 572 g/mol. The molecule has 218 valence electrons. The summed E-state index contributed by atoms with van der Waals surface area (Å²) in [4.78, 5) is 25.2. The lowest BCUT2D eigenvalue weighted by molar-refractivity contribution is -0.346. The summed E-state index contributed by atoms with van der Waals surface area (Å²) in [6, 6.07) is 0. The number of carbonyl (C=O) groups is 2. The number of rotatable bonds is 9. The van der Waals surface area contributed by atoms with Crippen molar-refractivity contribution in [2.45, 2.75) is 130 Å². The van der Waals surface area contributed by atoms with Crippen molar-refractivity contribution >= 4 is 23.4 Å². The maximum atomic E-state index is 13.8. The summed E-state index contributed by atoms with van der Waals surface area (Å²) in [6.45, 7) is -0.430. The molecule has 0 spiro atoms. The van der Waals surface area contributed by atoms with Crippen LogP contribution in [0.4, 0.5) is 17.6 Å². The molecule has 0 heterocycles. The molecule has 13 heteroatoms. The van der Waals surface area contributed by atoms with Gasteiger partial charge in [0.05, 0.1) is 35.3 Å². The number of nitrogens with one attached hydrogen (secondary N) is 2. The van der Waals surface area contributed by atoms with Crippen molar-refractivity contribution in [3.63, 3.8) is 0 Å². The fourth-order valence-electron chi connectivity index (χ4n) is 6.39. The highest BCUT2D eigenvalue weighted by Gasteiger charge is 2.55. The Hall–Kier alpha value is -1.21. The molecule has 5 rings (SSSR count). The third kappa shape index (κ3) is 7.71. The van der Waals surface area contributed by atoms with Crippen LogP contribution in [0.15, 0.2) is 0 Å². The third-order valence-corrected chi connectivity index (χ3v) is 9.07. The lowest BCUT2D eigenvalue weighted by Crippen LogP contribution is -2.70. The average Bonchev–Trinajstić information content (AvgIpc) is 2.84. The Morgan fingerprint density at radius 1 is 0.868 bits per heavy atom. The average molecular weight is 573 g/mol. The Labute approximate surface area is 224 Å². The van der Waals surface area contributed by atoms with Crippen molar-refractivity contribution in [2.75, 3.05) is 13.2 Å². The van der Waals surface area contributed by atoms with E-state index in [1.807, 2.05) is 0 Å². The summed E-state index contributed by atoms with van der Waals surface area (Å²) >= 11 is 5.90. The SMILES string of the molecule is O=C(COC1CCC(Cl)C(F)C1)NC12CCC(NC(=O)COC3CCC(OC(F)(F)F)CC3)(CC1)[C@@H](O)C2. The highest BCUT2D eigenvalue weighted by molar-refractivity contribution is 6.21. The van der Waals surface area contributed by atoms with Crippen molar-refractivity contribution in [2.24, 2.45) is 0 Å². The second kappa shape index (κ2) is 12.1. The molecule has 2 amide bonds. The van der Waals surface area contributed by atoms with Gasteiger partial charge in [-0.05, 0) is 70.6 Å². The van der Waals surface area contributed by atoms with Crippen LogP contribution in [0.3, 0.4) is 0 Å². The fourth-order valence-corrected chi connectivity index (χ4v) is 6.62. The molecule has 0 aromatic carbocycles. The highest BCUT2D eigenvalue weighted by atomic mass is 35.5. The van der Waals surface area contributed by atoms with E-state index in [1.165, 1.54) is 0 Å². The van der Waals surface area contributed by atoms with E-state index in [9.17, 15) is 32.3 Å². The second-order valence-corrected chi connectivity index (χ2v) is 11.9. The zero-order chi connectivity index (χ0) is 27.6. The van der Waals surface area contributed by atoms with Crippen LogP contribution in [0.25, 0.3) is 0 Å². The predicted molar refractivity (Wildman–Crippen MR) is 128 cm³/mol. The molecule has 5 aliphatic rings. The molecule has 0 aliphatic heterocycles. The number of amides is 2. The molecule has 5 saturated carbocycles. The zero-order valence-corrected chi connectivity index (χ0v) is 22.0. The Balaban J connectivity index is 1.17. The zero-order valence-electron chi connectivity index (χ0n) is 21.2. The molecule has 5 fully saturated rings. The number of hydrogen-bond acceptors (Lipinski definition) is 6. The number of hydrogen-bond donors (Lipinski definition) is 3. The summed E-state index contributed by atoms with van der Waals surface area (Å²) in [5.41, 5.74) is -1.39. The lowest BCUT2D eigenvalue weighted by atomic mass is 9.60. The van der Waals surface area contributed by atoms with Crippen molar-refractivity contribution in [3.05, 3.63) is 0 Å². The normalized spacial score (nSPS) is 39.5. The maximum absolute atomic E-state index is 13.8. The van der Waals surface area contributed by atoms with E-state index >= 15 is 0 Å². The van der Waals surface area contributed by atoms with Crippen molar-refractivity contribution in [1.29, 1.82) is 0 Å². The first-order valence-corrected chi connectivity index (χ1v) is 13.9. The summed E-state index contributed by atoms with van der Waals surface area (Å²) in [5, 5.41) is 16.3. The minimum Gasteiger partial charge on any atom is -0.391 e. The number of aliphatic hydroxyl groups is 1. The Kier molecular flexibility index (Phi) is 9.49. The Morgan fingerprint density at radius 2 is 1.42 bits per heavy atom. The van der Waals surface area contributed by atoms with Crippen LogP contribution < -0.4 is 10.6 Å². The van der Waals surface area contributed by atoms with Gasteiger partial charge in [-0.1, -0.05) is 0 Å². The number of halogens is 5. The van der Waals surface area contributed by atoms with E-state index in [1.54, 1.807) is 0 Å². The van der Waals surface area contributed by atoms with E-state index in [0.717, 1.165) is 0 Å². The van der Waals surface area contributed by atoms with Gasteiger partial charge in [-0.25, -0.2) is 4.39 Å². The number of alkyl halides is 5. The lowest BCUT2D eigenvalue weighted by Gasteiger charge is -2.56. The minimum atomic E-state index is -4.66. The number of fused-ring (bicyclic) bond motifs is 3. The summed E-state index contributed by atoms with van der Waals surface area (Å²) in [7, 11) is 0. The van der Waals surface area contributed by atoms with Crippen LogP contribution in [0.2, 0.25) is 0 Å². The van der Waals surface area contributed by atoms with Gasteiger partial charge in [-0.2, -0.15) is 0 Å². The van der Waals surface area contributed by atoms with E-state index in [2.05, 4.69) is 15.4 Å². The Bertz CT molecular complexity index is 833. The quantitative estimate of drug-likeness (QED) is 0.289. The third-order valence-electron chi connectivity index (χ3n) is 8.58. The molecular formula is C25H37ClF4N2O6. The molecular weight excluding hydrogens is 536 g/mol. The van der Waals surface area contributed by atoms with Crippen molar-refractivity contribution in [3.8, 4) is 0 Å². The molecule has 2 bridgehead atoms. The van der Waals surface area contributed by atoms with Crippen LogP contribution in [-0.2, 0) is 23.8 Å².